The maximum atomic E-state index is 13.5. The Kier molecular flexibility index (Phi) is 12.7. The second kappa shape index (κ2) is 15.1. The Morgan fingerprint density at radius 2 is 1.47 bits per heavy atom. The van der Waals surface area contributed by atoms with Gasteiger partial charge in [0.1, 0.15) is 11.5 Å². The number of ketones is 1. The van der Waals surface area contributed by atoms with E-state index in [1.54, 1.807) is 18.2 Å². The molecule has 238 valence electrons. The molecule has 0 aliphatic carbocycles. The Morgan fingerprint density at radius 1 is 0.837 bits per heavy atom. The van der Waals surface area contributed by atoms with Crippen LogP contribution in [0.4, 0.5) is 11.4 Å². The number of ether oxygens (including phenoxy) is 2. The van der Waals surface area contributed by atoms with E-state index >= 15 is 0 Å². The molecule has 0 spiro atoms. The van der Waals surface area contributed by atoms with Crippen LogP contribution < -0.4 is 20.1 Å². The molecule has 2 N–H and O–H groups in total. The van der Waals surface area contributed by atoms with Crippen molar-refractivity contribution >= 4 is 40.7 Å². The molecule has 7 nitrogen and oxygen atoms in total. The minimum Gasteiger partial charge on any atom is -0.495 e. The molecule has 2 rings (SSSR count). The quantitative estimate of drug-likeness (QED) is 0.185. The van der Waals surface area contributed by atoms with Crippen molar-refractivity contribution in [3.05, 3.63) is 47.5 Å². The van der Waals surface area contributed by atoms with Crippen molar-refractivity contribution in [2.75, 3.05) is 23.5 Å². The summed E-state index contributed by atoms with van der Waals surface area (Å²) in [5.41, 5.74) is 3.07. The standard InChI is InChI=1S/C35H52N2O5S/c1-12-27(42-28-18-16-23(33(5,6)13-2)20-25(28)34(7,8)14-3)32(40)36-24-17-19-29(41-11)26(21-24)37-31(39)22-30(38)35(9,10)43-15-4/h16-21,27H,12-15,22H2,1-11H3,(H,36,40)(H,37,39). The summed E-state index contributed by atoms with van der Waals surface area (Å²) in [6.45, 7) is 20.8. The minimum absolute atomic E-state index is 0.0259. The molecule has 0 saturated carbocycles. The molecule has 1 atom stereocenters. The van der Waals surface area contributed by atoms with Gasteiger partial charge in [-0.15, -0.1) is 11.8 Å². The Bertz CT molecular complexity index is 1280. The normalized spacial score (nSPS) is 12.8. The number of methoxy groups -OCH3 is 1. The van der Waals surface area contributed by atoms with E-state index in [0.29, 0.717) is 29.3 Å². The Hall–Kier alpha value is -3.00. The number of thioether (sulfide) groups is 1. The van der Waals surface area contributed by atoms with Gasteiger partial charge >= 0.3 is 0 Å². The van der Waals surface area contributed by atoms with E-state index in [9.17, 15) is 14.4 Å². The van der Waals surface area contributed by atoms with Crippen molar-refractivity contribution in [3.8, 4) is 11.5 Å². The molecule has 0 bridgehead atoms. The maximum absolute atomic E-state index is 13.5. The van der Waals surface area contributed by atoms with Gasteiger partial charge in [0.2, 0.25) is 5.91 Å². The van der Waals surface area contributed by atoms with Gasteiger partial charge in [0, 0.05) is 11.3 Å². The summed E-state index contributed by atoms with van der Waals surface area (Å²) in [4.78, 5) is 38.9. The zero-order valence-corrected chi connectivity index (χ0v) is 28.8. The largest absolute Gasteiger partial charge is 0.495 e. The first-order valence-corrected chi connectivity index (χ1v) is 16.3. The number of hydrogen-bond donors (Lipinski definition) is 2. The number of hydrogen-bond acceptors (Lipinski definition) is 6. The van der Waals surface area contributed by atoms with Crippen LogP contribution in [0.3, 0.4) is 0 Å². The average Bonchev–Trinajstić information content (AvgIpc) is 2.95. The summed E-state index contributed by atoms with van der Waals surface area (Å²) >= 11 is 1.50. The first-order chi connectivity index (χ1) is 20.0. The molecule has 43 heavy (non-hydrogen) atoms. The van der Waals surface area contributed by atoms with Crippen LogP contribution in [0.15, 0.2) is 36.4 Å². The van der Waals surface area contributed by atoms with Gasteiger partial charge in [-0.3, -0.25) is 14.4 Å². The number of rotatable bonds is 16. The Labute approximate surface area is 263 Å². The molecule has 8 heteroatoms. The van der Waals surface area contributed by atoms with E-state index in [4.69, 9.17) is 9.47 Å². The van der Waals surface area contributed by atoms with Gasteiger partial charge in [-0.1, -0.05) is 67.5 Å². The number of anilines is 2. The van der Waals surface area contributed by atoms with Crippen molar-refractivity contribution in [1.29, 1.82) is 0 Å². The third-order valence-electron chi connectivity index (χ3n) is 8.43. The van der Waals surface area contributed by atoms with Gasteiger partial charge in [-0.2, -0.15) is 0 Å². The van der Waals surface area contributed by atoms with E-state index in [-0.39, 0.29) is 28.9 Å². The predicted molar refractivity (Wildman–Crippen MR) is 180 cm³/mol. The van der Waals surface area contributed by atoms with Crippen molar-refractivity contribution in [1.82, 2.24) is 0 Å². The summed E-state index contributed by atoms with van der Waals surface area (Å²) in [6, 6.07) is 11.3. The van der Waals surface area contributed by atoms with E-state index < -0.39 is 16.8 Å². The summed E-state index contributed by atoms with van der Waals surface area (Å²) in [5, 5.41) is 5.72. The van der Waals surface area contributed by atoms with Gasteiger partial charge in [-0.25, -0.2) is 0 Å². The van der Waals surface area contributed by atoms with E-state index in [0.717, 1.165) is 24.2 Å². The van der Waals surface area contributed by atoms with Crippen LogP contribution in [0, 0.1) is 0 Å². The number of carbonyl (C=O) groups is 3. The van der Waals surface area contributed by atoms with Crippen molar-refractivity contribution < 1.29 is 23.9 Å². The molecule has 0 aromatic heterocycles. The second-order valence-electron chi connectivity index (χ2n) is 12.7. The number of Topliss-reactive ketones (excluding diaryl/α,β-unsaturated/α-hetero) is 1. The highest BCUT2D eigenvalue weighted by Gasteiger charge is 2.30. The molecule has 2 aromatic rings. The van der Waals surface area contributed by atoms with Crippen LogP contribution in [0.2, 0.25) is 0 Å². The van der Waals surface area contributed by atoms with Crippen LogP contribution in [-0.4, -0.2) is 41.3 Å². The first-order valence-electron chi connectivity index (χ1n) is 15.3. The molecule has 1 unspecified atom stereocenters. The SMILES string of the molecule is CCSC(C)(C)C(=O)CC(=O)Nc1cc(NC(=O)C(CC)Oc2ccc(C(C)(C)CC)cc2C(C)(C)CC)ccc1OC. The molecule has 0 heterocycles. The van der Waals surface area contributed by atoms with Crippen LogP contribution in [0.5, 0.6) is 11.5 Å². The summed E-state index contributed by atoms with van der Waals surface area (Å²) in [7, 11) is 1.50. The summed E-state index contributed by atoms with van der Waals surface area (Å²) in [6.07, 6.45) is 1.41. The zero-order chi connectivity index (χ0) is 32.6. The molecule has 0 fully saturated rings. The smallest absolute Gasteiger partial charge is 0.265 e. The topological polar surface area (TPSA) is 93.7 Å². The van der Waals surface area contributed by atoms with Gasteiger partial charge in [0.15, 0.2) is 11.9 Å². The molecule has 2 aromatic carbocycles. The molecule has 0 aliphatic rings. The van der Waals surface area contributed by atoms with Crippen molar-refractivity contribution in [2.45, 2.75) is 117 Å². The first kappa shape index (κ1) is 36.2. The van der Waals surface area contributed by atoms with Crippen molar-refractivity contribution in [2.24, 2.45) is 0 Å². The number of amides is 2. The fourth-order valence-corrected chi connectivity index (χ4v) is 5.51. The Balaban J connectivity index is 2.28. The van der Waals surface area contributed by atoms with Gasteiger partial charge in [-0.05, 0) is 79.5 Å². The fourth-order valence-electron chi connectivity index (χ4n) is 4.55. The minimum atomic E-state index is -0.729. The molecular formula is C35H52N2O5S. The third-order valence-corrected chi connectivity index (χ3v) is 9.67. The number of carbonyl (C=O) groups excluding carboxylic acids is 3. The molecule has 0 radical (unpaired) electrons. The lowest BCUT2D eigenvalue weighted by molar-refractivity contribution is -0.126. The highest BCUT2D eigenvalue weighted by Crippen LogP contribution is 2.39. The highest BCUT2D eigenvalue weighted by atomic mass is 32.2. The predicted octanol–water partition coefficient (Wildman–Crippen LogP) is 8.30. The molecule has 0 saturated heterocycles. The number of nitrogens with one attached hydrogen (secondary N) is 2. The highest BCUT2D eigenvalue weighted by molar-refractivity contribution is 8.01. The monoisotopic (exact) mass is 612 g/mol. The summed E-state index contributed by atoms with van der Waals surface area (Å²) in [5.74, 6) is 1.02. The maximum Gasteiger partial charge on any atom is 0.265 e. The van der Waals surface area contributed by atoms with Crippen LogP contribution in [-0.2, 0) is 25.2 Å². The lowest BCUT2D eigenvalue weighted by atomic mass is 9.76. The summed E-state index contributed by atoms with van der Waals surface area (Å²) < 4.78 is 11.2. The van der Waals surface area contributed by atoms with Crippen LogP contribution in [0.1, 0.15) is 106 Å². The van der Waals surface area contributed by atoms with Gasteiger partial charge in [0.25, 0.3) is 5.91 Å². The third kappa shape index (κ3) is 9.49. The lowest BCUT2D eigenvalue weighted by Gasteiger charge is -2.31. The van der Waals surface area contributed by atoms with Crippen LogP contribution in [0.25, 0.3) is 0 Å². The molecular weight excluding hydrogens is 560 g/mol. The fraction of sp³-hybridized carbons (Fsp3) is 0.571. The van der Waals surface area contributed by atoms with Gasteiger partial charge < -0.3 is 20.1 Å². The van der Waals surface area contributed by atoms with E-state index in [1.807, 2.05) is 33.8 Å². The number of benzene rings is 2. The van der Waals surface area contributed by atoms with Crippen molar-refractivity contribution in [3.63, 3.8) is 0 Å². The average molecular weight is 613 g/mol. The lowest BCUT2D eigenvalue weighted by Crippen LogP contribution is -2.33. The van der Waals surface area contributed by atoms with E-state index in [1.165, 1.54) is 24.4 Å². The Morgan fingerprint density at radius 3 is 2.02 bits per heavy atom. The second-order valence-corrected chi connectivity index (χ2v) is 14.6. The van der Waals surface area contributed by atoms with E-state index in [2.05, 4.69) is 64.3 Å². The van der Waals surface area contributed by atoms with Crippen LogP contribution >= 0.6 is 11.8 Å². The molecule has 2 amide bonds. The zero-order valence-electron chi connectivity index (χ0n) is 28.0. The molecule has 0 aliphatic heterocycles. The van der Waals surface area contributed by atoms with Gasteiger partial charge in [0.05, 0.1) is 24.0 Å².